The first-order valence-electron chi connectivity index (χ1n) is 8.03. The Bertz CT molecular complexity index is 704. The summed E-state index contributed by atoms with van der Waals surface area (Å²) in [6.45, 7) is 0.459. The molecule has 0 aliphatic rings. The van der Waals surface area contributed by atoms with Gasteiger partial charge in [0.15, 0.2) is 0 Å². The lowest BCUT2D eigenvalue weighted by Crippen LogP contribution is -2.37. The topological polar surface area (TPSA) is 62.8 Å². The van der Waals surface area contributed by atoms with Crippen molar-refractivity contribution in [3.63, 3.8) is 0 Å². The number of hydrogen-bond donors (Lipinski definition) is 2. The summed E-state index contributed by atoms with van der Waals surface area (Å²) in [5.41, 5.74) is 1.70. The van der Waals surface area contributed by atoms with Gasteiger partial charge in [-0.1, -0.05) is 24.3 Å². The van der Waals surface area contributed by atoms with Crippen molar-refractivity contribution in [1.82, 2.24) is 10.2 Å². The molecule has 0 bridgehead atoms. The predicted molar refractivity (Wildman–Crippen MR) is 99.4 cm³/mol. The number of amides is 2. The number of likely N-dealkylation sites (N-methyl/N-ethyl adjacent to an activating group) is 1. The standard InChI is InChI=1S/C19H25N3O3/c1-22(2)17(14-8-7-9-15(12-14)24-3)13-20-19(23)21-16-10-5-6-11-18(16)25-4/h5-12,17H,13H2,1-4H3,(H2,20,21,23). The molecule has 0 aliphatic heterocycles. The number of hydrogen-bond acceptors (Lipinski definition) is 4. The highest BCUT2D eigenvalue weighted by molar-refractivity contribution is 5.90. The number of ether oxygens (including phenoxy) is 2. The van der Waals surface area contributed by atoms with E-state index >= 15 is 0 Å². The number of rotatable bonds is 7. The number of urea groups is 1. The normalized spacial score (nSPS) is 11.7. The number of carbonyl (C=O) groups is 1. The van der Waals surface area contributed by atoms with Crippen molar-refractivity contribution in [3.8, 4) is 11.5 Å². The highest BCUT2D eigenvalue weighted by Crippen LogP contribution is 2.24. The van der Waals surface area contributed by atoms with Gasteiger partial charge in [0.25, 0.3) is 0 Å². The van der Waals surface area contributed by atoms with Crippen LogP contribution in [0.4, 0.5) is 10.5 Å². The maximum atomic E-state index is 12.2. The molecule has 2 aromatic carbocycles. The Morgan fingerprint density at radius 3 is 2.52 bits per heavy atom. The molecule has 0 fully saturated rings. The van der Waals surface area contributed by atoms with E-state index in [2.05, 4.69) is 15.5 Å². The van der Waals surface area contributed by atoms with Gasteiger partial charge in [0, 0.05) is 6.54 Å². The molecule has 134 valence electrons. The molecule has 0 spiro atoms. The molecular formula is C19H25N3O3. The molecule has 2 aromatic rings. The van der Waals surface area contributed by atoms with E-state index < -0.39 is 0 Å². The van der Waals surface area contributed by atoms with Gasteiger partial charge in [-0.2, -0.15) is 0 Å². The highest BCUT2D eigenvalue weighted by Gasteiger charge is 2.16. The second-order valence-electron chi connectivity index (χ2n) is 5.79. The molecule has 0 saturated heterocycles. The fourth-order valence-corrected chi connectivity index (χ4v) is 2.55. The van der Waals surface area contributed by atoms with E-state index in [1.807, 2.05) is 50.5 Å². The number of nitrogens with zero attached hydrogens (tertiary/aromatic N) is 1. The third kappa shape index (κ3) is 5.12. The Hall–Kier alpha value is -2.73. The smallest absolute Gasteiger partial charge is 0.319 e. The monoisotopic (exact) mass is 343 g/mol. The zero-order valence-electron chi connectivity index (χ0n) is 15.1. The van der Waals surface area contributed by atoms with Crippen molar-refractivity contribution < 1.29 is 14.3 Å². The second kappa shape index (κ2) is 8.94. The van der Waals surface area contributed by atoms with Crippen molar-refractivity contribution >= 4 is 11.7 Å². The summed E-state index contributed by atoms with van der Waals surface area (Å²) >= 11 is 0. The van der Waals surface area contributed by atoms with Crippen LogP contribution in [-0.2, 0) is 0 Å². The van der Waals surface area contributed by atoms with Gasteiger partial charge >= 0.3 is 6.03 Å². The average Bonchev–Trinajstić information content (AvgIpc) is 2.62. The van der Waals surface area contributed by atoms with Crippen LogP contribution in [0.3, 0.4) is 0 Å². The van der Waals surface area contributed by atoms with Crippen molar-refractivity contribution in [2.45, 2.75) is 6.04 Å². The Kier molecular flexibility index (Phi) is 6.65. The maximum Gasteiger partial charge on any atom is 0.319 e. The first kappa shape index (κ1) is 18.6. The molecule has 1 atom stereocenters. The van der Waals surface area contributed by atoms with Crippen LogP contribution in [-0.4, -0.2) is 45.8 Å². The molecule has 0 aliphatic carbocycles. The minimum atomic E-state index is -0.278. The molecule has 6 heteroatoms. The SMILES string of the molecule is COc1cccc(C(CNC(=O)Nc2ccccc2OC)N(C)C)c1. The molecular weight excluding hydrogens is 318 g/mol. The van der Waals surface area contributed by atoms with E-state index in [9.17, 15) is 4.79 Å². The van der Waals surface area contributed by atoms with E-state index in [1.54, 1.807) is 26.4 Å². The lowest BCUT2D eigenvalue weighted by Gasteiger charge is -2.25. The van der Waals surface area contributed by atoms with Gasteiger partial charge in [-0.3, -0.25) is 0 Å². The van der Waals surface area contributed by atoms with Crippen LogP contribution < -0.4 is 20.1 Å². The summed E-state index contributed by atoms with van der Waals surface area (Å²) in [6.07, 6.45) is 0. The van der Waals surface area contributed by atoms with Crippen molar-refractivity contribution in [2.75, 3.05) is 40.2 Å². The van der Waals surface area contributed by atoms with E-state index in [0.29, 0.717) is 18.0 Å². The van der Waals surface area contributed by atoms with E-state index in [1.165, 1.54) is 0 Å². The zero-order chi connectivity index (χ0) is 18.2. The van der Waals surface area contributed by atoms with Gasteiger partial charge in [-0.15, -0.1) is 0 Å². The predicted octanol–water partition coefficient (Wildman–Crippen LogP) is 3.13. The van der Waals surface area contributed by atoms with Gasteiger partial charge in [0.1, 0.15) is 11.5 Å². The summed E-state index contributed by atoms with van der Waals surface area (Å²) in [5, 5.41) is 5.72. The highest BCUT2D eigenvalue weighted by atomic mass is 16.5. The van der Waals surface area contributed by atoms with Gasteiger partial charge in [0.2, 0.25) is 0 Å². The second-order valence-corrected chi connectivity index (χ2v) is 5.79. The van der Waals surface area contributed by atoms with Gasteiger partial charge in [-0.25, -0.2) is 4.79 Å². The van der Waals surface area contributed by atoms with Crippen LogP contribution in [0.15, 0.2) is 48.5 Å². The first-order valence-corrected chi connectivity index (χ1v) is 8.03. The molecule has 0 aromatic heterocycles. The Balaban J connectivity index is 2.02. The number of para-hydroxylation sites is 2. The van der Waals surface area contributed by atoms with Crippen molar-refractivity contribution in [3.05, 3.63) is 54.1 Å². The number of carbonyl (C=O) groups excluding carboxylic acids is 1. The quantitative estimate of drug-likeness (QED) is 0.811. The fourth-order valence-electron chi connectivity index (χ4n) is 2.55. The van der Waals surface area contributed by atoms with Crippen LogP contribution in [0.25, 0.3) is 0 Å². The van der Waals surface area contributed by atoms with Gasteiger partial charge in [-0.05, 0) is 43.9 Å². The summed E-state index contributed by atoms with van der Waals surface area (Å²) in [4.78, 5) is 14.3. The van der Waals surface area contributed by atoms with Crippen molar-refractivity contribution in [1.29, 1.82) is 0 Å². The molecule has 6 nitrogen and oxygen atoms in total. The summed E-state index contributed by atoms with van der Waals surface area (Å²) < 4.78 is 10.5. The van der Waals surface area contributed by atoms with Gasteiger partial charge in [0.05, 0.1) is 25.9 Å². The largest absolute Gasteiger partial charge is 0.497 e. The molecule has 1 unspecified atom stereocenters. The molecule has 0 heterocycles. The molecule has 0 saturated carbocycles. The summed E-state index contributed by atoms with van der Waals surface area (Å²) in [7, 11) is 7.17. The van der Waals surface area contributed by atoms with Gasteiger partial charge < -0.3 is 25.0 Å². The lowest BCUT2D eigenvalue weighted by atomic mass is 10.1. The minimum absolute atomic E-state index is 0.0264. The van der Waals surface area contributed by atoms with Crippen molar-refractivity contribution in [2.24, 2.45) is 0 Å². The number of anilines is 1. The Morgan fingerprint density at radius 1 is 1.08 bits per heavy atom. The third-order valence-electron chi connectivity index (χ3n) is 3.91. The van der Waals surface area contributed by atoms with Crippen LogP contribution in [0.1, 0.15) is 11.6 Å². The molecule has 2 N–H and O–H groups in total. The van der Waals surface area contributed by atoms with Crippen LogP contribution >= 0.6 is 0 Å². The lowest BCUT2D eigenvalue weighted by molar-refractivity contribution is 0.243. The van der Waals surface area contributed by atoms with Crippen LogP contribution in [0.2, 0.25) is 0 Å². The molecule has 2 amide bonds. The zero-order valence-corrected chi connectivity index (χ0v) is 15.1. The van der Waals surface area contributed by atoms with E-state index in [0.717, 1.165) is 11.3 Å². The fraction of sp³-hybridized carbons (Fsp3) is 0.316. The molecule has 2 rings (SSSR count). The summed E-state index contributed by atoms with van der Waals surface area (Å²) in [5.74, 6) is 1.41. The van der Waals surface area contributed by atoms with E-state index in [4.69, 9.17) is 9.47 Å². The molecule has 25 heavy (non-hydrogen) atoms. The average molecular weight is 343 g/mol. The molecule has 0 radical (unpaired) electrons. The van der Waals surface area contributed by atoms with Crippen LogP contribution in [0.5, 0.6) is 11.5 Å². The van der Waals surface area contributed by atoms with Crippen LogP contribution in [0, 0.1) is 0 Å². The number of benzene rings is 2. The maximum absolute atomic E-state index is 12.2. The first-order chi connectivity index (χ1) is 12.0. The Labute approximate surface area is 148 Å². The Morgan fingerprint density at radius 2 is 1.84 bits per heavy atom. The number of methoxy groups -OCH3 is 2. The third-order valence-corrected chi connectivity index (χ3v) is 3.91. The minimum Gasteiger partial charge on any atom is -0.497 e. The van der Waals surface area contributed by atoms with E-state index in [-0.39, 0.29) is 12.1 Å². The summed E-state index contributed by atoms with van der Waals surface area (Å²) in [6, 6.07) is 14.9. The number of nitrogens with one attached hydrogen (secondary N) is 2.